The standard InChI is InChI=1S/C11H14INO2/c1-7(2)8-4-5-10(9(12)6-8)13-11(14)15-3/h4-7H,1-3H3,(H,13,14). The minimum atomic E-state index is -0.440. The van der Waals surface area contributed by atoms with Gasteiger partial charge in [0.25, 0.3) is 0 Å². The van der Waals surface area contributed by atoms with Gasteiger partial charge >= 0.3 is 6.09 Å². The Hall–Kier alpha value is -0.780. The number of benzene rings is 1. The summed E-state index contributed by atoms with van der Waals surface area (Å²) >= 11 is 2.20. The third-order valence-corrected chi connectivity index (χ3v) is 2.97. The van der Waals surface area contributed by atoms with Gasteiger partial charge in [0.05, 0.1) is 12.8 Å². The molecule has 0 saturated carbocycles. The Bertz CT molecular complexity index is 364. The minimum absolute atomic E-state index is 0.440. The van der Waals surface area contributed by atoms with E-state index in [1.807, 2.05) is 12.1 Å². The number of anilines is 1. The molecule has 0 bridgehead atoms. The van der Waals surface area contributed by atoms with Crippen molar-refractivity contribution in [2.24, 2.45) is 0 Å². The Balaban J connectivity index is 2.88. The largest absolute Gasteiger partial charge is 0.453 e. The Morgan fingerprint density at radius 2 is 2.13 bits per heavy atom. The van der Waals surface area contributed by atoms with Crippen molar-refractivity contribution < 1.29 is 9.53 Å². The first-order valence-corrected chi connectivity index (χ1v) is 5.77. The molecule has 82 valence electrons. The smallest absolute Gasteiger partial charge is 0.411 e. The minimum Gasteiger partial charge on any atom is -0.453 e. The molecule has 15 heavy (non-hydrogen) atoms. The summed E-state index contributed by atoms with van der Waals surface area (Å²) in [6.07, 6.45) is -0.440. The normalized spacial score (nSPS) is 10.2. The molecule has 0 atom stereocenters. The maximum absolute atomic E-state index is 11.0. The molecule has 4 heteroatoms. The number of hydrogen-bond acceptors (Lipinski definition) is 2. The molecule has 0 spiro atoms. The summed E-state index contributed by atoms with van der Waals surface area (Å²) in [5.41, 5.74) is 2.04. The van der Waals surface area contributed by atoms with Gasteiger partial charge < -0.3 is 4.74 Å². The zero-order valence-electron chi connectivity index (χ0n) is 9.00. The molecule has 1 amide bonds. The quantitative estimate of drug-likeness (QED) is 0.846. The van der Waals surface area contributed by atoms with Crippen LogP contribution in [-0.4, -0.2) is 13.2 Å². The van der Waals surface area contributed by atoms with E-state index in [0.29, 0.717) is 5.92 Å². The van der Waals surface area contributed by atoms with Crippen molar-refractivity contribution >= 4 is 34.4 Å². The summed E-state index contributed by atoms with van der Waals surface area (Å²) in [5.74, 6) is 0.491. The van der Waals surface area contributed by atoms with Gasteiger partial charge in [-0.25, -0.2) is 4.79 Å². The molecule has 0 radical (unpaired) electrons. The third kappa shape index (κ3) is 3.37. The van der Waals surface area contributed by atoms with Crippen molar-refractivity contribution in [1.82, 2.24) is 0 Å². The van der Waals surface area contributed by atoms with Crippen LogP contribution < -0.4 is 5.32 Å². The van der Waals surface area contributed by atoms with Crippen molar-refractivity contribution in [3.8, 4) is 0 Å². The summed E-state index contributed by atoms with van der Waals surface area (Å²) < 4.78 is 5.55. The van der Waals surface area contributed by atoms with Gasteiger partial charge in [0, 0.05) is 3.57 Å². The van der Waals surface area contributed by atoms with Crippen LogP contribution in [-0.2, 0) is 4.74 Å². The lowest BCUT2D eigenvalue weighted by molar-refractivity contribution is 0.187. The number of ether oxygens (including phenoxy) is 1. The molecule has 0 fully saturated rings. The average molecular weight is 319 g/mol. The first-order valence-electron chi connectivity index (χ1n) is 4.69. The Morgan fingerprint density at radius 1 is 1.47 bits per heavy atom. The van der Waals surface area contributed by atoms with E-state index in [4.69, 9.17) is 0 Å². The fourth-order valence-electron chi connectivity index (χ4n) is 1.15. The number of halogens is 1. The highest BCUT2D eigenvalue weighted by Crippen LogP contribution is 2.23. The summed E-state index contributed by atoms with van der Waals surface area (Å²) in [5, 5.41) is 2.66. The van der Waals surface area contributed by atoms with Crippen molar-refractivity contribution in [3.63, 3.8) is 0 Å². The monoisotopic (exact) mass is 319 g/mol. The summed E-state index contributed by atoms with van der Waals surface area (Å²) in [6.45, 7) is 4.28. The van der Waals surface area contributed by atoms with E-state index in [1.54, 1.807) is 0 Å². The maximum atomic E-state index is 11.0. The van der Waals surface area contributed by atoms with Gasteiger partial charge in [0.1, 0.15) is 0 Å². The maximum Gasteiger partial charge on any atom is 0.411 e. The highest BCUT2D eigenvalue weighted by Gasteiger charge is 2.06. The number of rotatable bonds is 2. The van der Waals surface area contributed by atoms with Crippen LogP contribution in [0.25, 0.3) is 0 Å². The lowest BCUT2D eigenvalue weighted by Crippen LogP contribution is -2.12. The molecule has 0 aliphatic rings. The van der Waals surface area contributed by atoms with E-state index >= 15 is 0 Å². The number of carbonyl (C=O) groups excluding carboxylic acids is 1. The molecule has 0 aliphatic carbocycles. The third-order valence-electron chi connectivity index (χ3n) is 2.08. The summed E-state index contributed by atoms with van der Waals surface area (Å²) in [6, 6.07) is 5.97. The molecule has 0 saturated heterocycles. The molecule has 1 aromatic carbocycles. The SMILES string of the molecule is COC(=O)Nc1ccc(C(C)C)cc1I. The van der Waals surface area contributed by atoms with Gasteiger partial charge in [0.15, 0.2) is 0 Å². The average Bonchev–Trinajstić information content (AvgIpc) is 2.20. The molecular weight excluding hydrogens is 305 g/mol. The lowest BCUT2D eigenvalue weighted by atomic mass is 10.0. The zero-order chi connectivity index (χ0) is 11.4. The second-order valence-corrected chi connectivity index (χ2v) is 4.67. The molecule has 0 heterocycles. The van der Waals surface area contributed by atoms with Crippen molar-refractivity contribution in [1.29, 1.82) is 0 Å². The number of nitrogens with one attached hydrogen (secondary N) is 1. The Kier molecular flexibility index (Phi) is 4.38. The topological polar surface area (TPSA) is 38.3 Å². The Labute approximate surface area is 103 Å². The summed E-state index contributed by atoms with van der Waals surface area (Å²) in [4.78, 5) is 11.0. The van der Waals surface area contributed by atoms with Crippen molar-refractivity contribution in [2.45, 2.75) is 19.8 Å². The van der Waals surface area contributed by atoms with Crippen LogP contribution in [0.2, 0.25) is 0 Å². The van der Waals surface area contributed by atoms with Crippen LogP contribution in [0, 0.1) is 3.57 Å². The van der Waals surface area contributed by atoms with Crippen LogP contribution in [0.5, 0.6) is 0 Å². The van der Waals surface area contributed by atoms with E-state index in [9.17, 15) is 4.79 Å². The first kappa shape index (κ1) is 12.3. The van der Waals surface area contributed by atoms with E-state index in [0.717, 1.165) is 9.26 Å². The predicted octanol–water partition coefficient (Wildman–Crippen LogP) is 3.59. The van der Waals surface area contributed by atoms with E-state index < -0.39 is 6.09 Å². The second kappa shape index (κ2) is 5.34. The molecule has 0 aromatic heterocycles. The van der Waals surface area contributed by atoms with Crippen molar-refractivity contribution in [2.75, 3.05) is 12.4 Å². The molecule has 3 nitrogen and oxygen atoms in total. The Morgan fingerprint density at radius 3 is 2.60 bits per heavy atom. The van der Waals surface area contributed by atoms with E-state index in [1.165, 1.54) is 12.7 Å². The van der Waals surface area contributed by atoms with Crippen LogP contribution in [0.3, 0.4) is 0 Å². The molecule has 1 rings (SSSR count). The van der Waals surface area contributed by atoms with E-state index in [2.05, 4.69) is 52.6 Å². The number of methoxy groups -OCH3 is 1. The molecular formula is C11H14INO2. The fourth-order valence-corrected chi connectivity index (χ4v) is 1.83. The lowest BCUT2D eigenvalue weighted by Gasteiger charge is -2.10. The van der Waals surface area contributed by atoms with Crippen LogP contribution in [0.15, 0.2) is 18.2 Å². The van der Waals surface area contributed by atoms with Gasteiger partial charge in [0.2, 0.25) is 0 Å². The van der Waals surface area contributed by atoms with Gasteiger partial charge in [-0.1, -0.05) is 19.9 Å². The summed E-state index contributed by atoms with van der Waals surface area (Å²) in [7, 11) is 1.35. The zero-order valence-corrected chi connectivity index (χ0v) is 11.2. The second-order valence-electron chi connectivity index (χ2n) is 3.51. The van der Waals surface area contributed by atoms with Gasteiger partial charge in [-0.05, 0) is 46.2 Å². The van der Waals surface area contributed by atoms with Gasteiger partial charge in [-0.15, -0.1) is 0 Å². The fraction of sp³-hybridized carbons (Fsp3) is 0.364. The highest BCUT2D eigenvalue weighted by molar-refractivity contribution is 14.1. The molecule has 1 N–H and O–H groups in total. The van der Waals surface area contributed by atoms with Crippen LogP contribution in [0.4, 0.5) is 10.5 Å². The van der Waals surface area contributed by atoms with Gasteiger partial charge in [-0.2, -0.15) is 0 Å². The van der Waals surface area contributed by atoms with Crippen molar-refractivity contribution in [3.05, 3.63) is 27.3 Å². The number of carbonyl (C=O) groups is 1. The first-order chi connectivity index (χ1) is 7.04. The predicted molar refractivity (Wildman–Crippen MR) is 69.3 cm³/mol. The molecule has 1 aromatic rings. The highest BCUT2D eigenvalue weighted by atomic mass is 127. The van der Waals surface area contributed by atoms with Gasteiger partial charge in [-0.3, -0.25) is 5.32 Å². The number of hydrogen-bond donors (Lipinski definition) is 1. The molecule has 0 aliphatic heterocycles. The number of amides is 1. The molecule has 0 unspecified atom stereocenters. The van der Waals surface area contributed by atoms with Crippen LogP contribution >= 0.6 is 22.6 Å². The van der Waals surface area contributed by atoms with E-state index in [-0.39, 0.29) is 0 Å². The van der Waals surface area contributed by atoms with Crippen LogP contribution in [0.1, 0.15) is 25.3 Å².